The van der Waals surface area contributed by atoms with Crippen LogP contribution in [0.15, 0.2) is 109 Å². The van der Waals surface area contributed by atoms with Crippen LogP contribution in [-0.4, -0.2) is 25.5 Å². The van der Waals surface area contributed by atoms with Crippen molar-refractivity contribution in [2.75, 3.05) is 0 Å². The highest BCUT2D eigenvalue weighted by Crippen LogP contribution is 2.36. The number of aromatic nitrogens is 4. The number of rotatable bonds is 6. The van der Waals surface area contributed by atoms with Gasteiger partial charge in [0.05, 0.1) is 5.52 Å². The highest BCUT2D eigenvalue weighted by molar-refractivity contribution is 6.30. The van der Waals surface area contributed by atoms with Crippen LogP contribution >= 0.6 is 11.6 Å². The Balaban J connectivity index is 1.45. The van der Waals surface area contributed by atoms with Crippen molar-refractivity contribution in [3.8, 4) is 0 Å². The fourth-order valence-corrected chi connectivity index (χ4v) is 5.01. The third-order valence-corrected chi connectivity index (χ3v) is 6.88. The summed E-state index contributed by atoms with van der Waals surface area (Å²) in [6, 6.07) is 34.0. The molecule has 1 atom stereocenters. The minimum atomic E-state index is -0.181. The van der Waals surface area contributed by atoms with Crippen molar-refractivity contribution in [1.29, 1.82) is 0 Å². The summed E-state index contributed by atoms with van der Waals surface area (Å²) in [5.74, 6) is -0.289. The lowest BCUT2D eigenvalue weighted by Gasteiger charge is -2.17. The molecule has 0 saturated heterocycles. The minimum absolute atomic E-state index is 0.108. The van der Waals surface area contributed by atoms with Crippen molar-refractivity contribution in [2.45, 2.75) is 18.9 Å². The zero-order valence-electron chi connectivity index (χ0n) is 19.5. The summed E-state index contributed by atoms with van der Waals surface area (Å²) in [5.41, 5.74) is 5.89. The molecular formula is C30H23ClN4O. The lowest BCUT2D eigenvalue weighted by Crippen LogP contribution is -2.17. The van der Waals surface area contributed by atoms with Crippen molar-refractivity contribution >= 4 is 39.4 Å². The molecule has 2 aromatic heterocycles. The number of para-hydroxylation sites is 2. The topological polar surface area (TPSA) is 52.7 Å². The first-order valence-electron chi connectivity index (χ1n) is 11.9. The summed E-state index contributed by atoms with van der Waals surface area (Å²) in [7, 11) is 0. The van der Waals surface area contributed by atoms with E-state index in [1.54, 1.807) is 0 Å². The zero-order chi connectivity index (χ0) is 24.5. The number of hydrogen-bond acceptors (Lipinski definition) is 3. The van der Waals surface area contributed by atoms with Gasteiger partial charge in [0.15, 0.2) is 0 Å². The Morgan fingerprint density at radius 1 is 0.806 bits per heavy atom. The second kappa shape index (κ2) is 9.44. The SMILES string of the molecule is O=C(CC(c1ccc(Cl)cc1)c1cn(Cc2ccccc2)c2ccccc12)n1nnc2ccccc21. The summed E-state index contributed by atoms with van der Waals surface area (Å²) in [5, 5.41) is 10.1. The molecule has 0 aliphatic carbocycles. The first-order valence-corrected chi connectivity index (χ1v) is 12.3. The van der Waals surface area contributed by atoms with Gasteiger partial charge in [-0.2, -0.15) is 4.68 Å². The molecule has 4 aromatic carbocycles. The molecule has 6 rings (SSSR count). The monoisotopic (exact) mass is 490 g/mol. The summed E-state index contributed by atoms with van der Waals surface area (Å²) in [6.45, 7) is 0.746. The van der Waals surface area contributed by atoms with E-state index < -0.39 is 0 Å². The van der Waals surface area contributed by atoms with Gasteiger partial charge in [0.1, 0.15) is 5.52 Å². The van der Waals surface area contributed by atoms with Gasteiger partial charge in [0, 0.05) is 41.0 Å². The van der Waals surface area contributed by atoms with Crippen molar-refractivity contribution in [3.05, 3.63) is 131 Å². The molecule has 0 spiro atoms. The van der Waals surface area contributed by atoms with Gasteiger partial charge in [0.25, 0.3) is 0 Å². The Labute approximate surface area is 213 Å². The van der Waals surface area contributed by atoms with Crippen LogP contribution in [0.25, 0.3) is 21.9 Å². The fourth-order valence-electron chi connectivity index (χ4n) is 4.88. The molecule has 0 aliphatic rings. The van der Waals surface area contributed by atoms with Crippen LogP contribution in [0.3, 0.4) is 0 Å². The lowest BCUT2D eigenvalue weighted by molar-refractivity contribution is 0.0885. The second-order valence-electron chi connectivity index (χ2n) is 8.91. The van der Waals surface area contributed by atoms with E-state index in [1.807, 2.05) is 60.7 Å². The molecule has 0 N–H and O–H groups in total. The molecule has 0 fully saturated rings. The van der Waals surface area contributed by atoms with E-state index in [1.165, 1.54) is 10.2 Å². The van der Waals surface area contributed by atoms with Gasteiger partial charge >= 0.3 is 0 Å². The van der Waals surface area contributed by atoms with Gasteiger partial charge in [-0.1, -0.05) is 89.6 Å². The number of hydrogen-bond donors (Lipinski definition) is 0. The van der Waals surface area contributed by atoms with Crippen LogP contribution in [-0.2, 0) is 6.54 Å². The highest BCUT2D eigenvalue weighted by Gasteiger charge is 2.25. The van der Waals surface area contributed by atoms with E-state index in [0.29, 0.717) is 16.1 Å². The van der Waals surface area contributed by atoms with E-state index in [9.17, 15) is 4.79 Å². The van der Waals surface area contributed by atoms with Crippen LogP contribution in [0, 0.1) is 0 Å². The largest absolute Gasteiger partial charge is 0.343 e. The summed E-state index contributed by atoms with van der Waals surface area (Å²) < 4.78 is 3.68. The van der Waals surface area contributed by atoms with Crippen LogP contribution in [0.1, 0.15) is 33.8 Å². The number of benzene rings is 4. The highest BCUT2D eigenvalue weighted by atomic mass is 35.5. The van der Waals surface area contributed by atoms with Gasteiger partial charge in [0.2, 0.25) is 5.91 Å². The van der Waals surface area contributed by atoms with Crippen LogP contribution < -0.4 is 0 Å². The van der Waals surface area contributed by atoms with Gasteiger partial charge in [-0.05, 0) is 47.0 Å². The number of nitrogens with zero attached hydrogens (tertiary/aromatic N) is 4. The van der Waals surface area contributed by atoms with E-state index in [0.717, 1.165) is 28.6 Å². The molecule has 0 bridgehead atoms. The van der Waals surface area contributed by atoms with Crippen molar-refractivity contribution < 1.29 is 4.79 Å². The van der Waals surface area contributed by atoms with E-state index in [2.05, 4.69) is 63.5 Å². The van der Waals surface area contributed by atoms with Gasteiger partial charge in [-0.3, -0.25) is 4.79 Å². The maximum Gasteiger partial charge on any atom is 0.249 e. The van der Waals surface area contributed by atoms with Crippen molar-refractivity contribution in [3.63, 3.8) is 0 Å². The first kappa shape index (κ1) is 22.3. The molecule has 0 radical (unpaired) electrons. The van der Waals surface area contributed by atoms with Crippen LogP contribution in [0.4, 0.5) is 0 Å². The molecule has 5 nitrogen and oxygen atoms in total. The van der Waals surface area contributed by atoms with Gasteiger partial charge in [-0.15, -0.1) is 5.10 Å². The number of fused-ring (bicyclic) bond motifs is 2. The first-order chi connectivity index (χ1) is 17.7. The predicted molar refractivity (Wildman–Crippen MR) is 144 cm³/mol. The Morgan fingerprint density at radius 2 is 1.50 bits per heavy atom. The van der Waals surface area contributed by atoms with Crippen molar-refractivity contribution in [1.82, 2.24) is 19.6 Å². The normalized spacial score (nSPS) is 12.2. The Bertz CT molecular complexity index is 1670. The third-order valence-electron chi connectivity index (χ3n) is 6.63. The van der Waals surface area contributed by atoms with Crippen LogP contribution in [0.2, 0.25) is 5.02 Å². The summed E-state index contributed by atoms with van der Waals surface area (Å²) in [4.78, 5) is 13.6. The summed E-state index contributed by atoms with van der Waals surface area (Å²) in [6.07, 6.45) is 2.43. The Kier molecular flexibility index (Phi) is 5.84. The number of carbonyl (C=O) groups is 1. The number of halogens is 1. The van der Waals surface area contributed by atoms with Gasteiger partial charge < -0.3 is 4.57 Å². The molecule has 0 saturated carbocycles. The molecular weight excluding hydrogens is 468 g/mol. The maximum atomic E-state index is 13.6. The Hall–Kier alpha value is -4.22. The molecule has 0 aliphatic heterocycles. The third kappa shape index (κ3) is 4.18. The maximum absolute atomic E-state index is 13.6. The average Bonchev–Trinajstić information content (AvgIpc) is 3.51. The number of carbonyl (C=O) groups excluding carboxylic acids is 1. The molecule has 2 heterocycles. The minimum Gasteiger partial charge on any atom is -0.343 e. The molecule has 1 unspecified atom stereocenters. The molecule has 0 amide bonds. The average molecular weight is 491 g/mol. The molecule has 6 aromatic rings. The zero-order valence-corrected chi connectivity index (χ0v) is 20.2. The smallest absolute Gasteiger partial charge is 0.249 e. The quantitative estimate of drug-likeness (QED) is 0.254. The van der Waals surface area contributed by atoms with E-state index in [4.69, 9.17) is 11.6 Å². The molecule has 176 valence electrons. The summed E-state index contributed by atoms with van der Waals surface area (Å²) >= 11 is 6.21. The van der Waals surface area contributed by atoms with Crippen LogP contribution in [0.5, 0.6) is 0 Å². The molecule has 6 heteroatoms. The van der Waals surface area contributed by atoms with Crippen molar-refractivity contribution in [2.24, 2.45) is 0 Å². The fraction of sp³-hybridized carbons (Fsp3) is 0.100. The lowest BCUT2D eigenvalue weighted by atomic mass is 9.88. The van der Waals surface area contributed by atoms with E-state index in [-0.39, 0.29) is 18.2 Å². The molecule has 36 heavy (non-hydrogen) atoms. The predicted octanol–water partition coefficient (Wildman–Crippen LogP) is 6.95. The second-order valence-corrected chi connectivity index (χ2v) is 9.34. The standard InChI is InChI=1S/C30H23ClN4O/c31-23-16-14-22(15-17-23)25(18-30(36)35-29-13-7-5-11-27(29)32-33-35)26-20-34(19-21-8-2-1-3-9-21)28-12-6-4-10-24(26)28/h1-17,20,25H,18-19H2. The Morgan fingerprint density at radius 3 is 2.31 bits per heavy atom. The van der Waals surface area contributed by atoms with Gasteiger partial charge in [-0.25, -0.2) is 0 Å². The van der Waals surface area contributed by atoms with E-state index >= 15 is 0 Å².